The summed E-state index contributed by atoms with van der Waals surface area (Å²) >= 11 is 0. The molecule has 0 atom stereocenters. The number of rotatable bonds is 1. The molecule has 5 nitrogen and oxygen atoms in total. The van der Waals surface area contributed by atoms with Crippen molar-refractivity contribution in [2.75, 3.05) is 0 Å². The van der Waals surface area contributed by atoms with Gasteiger partial charge in [-0.15, -0.1) is 6.42 Å². The lowest BCUT2D eigenvalue weighted by molar-refractivity contribution is 0.700. The van der Waals surface area contributed by atoms with E-state index in [1.165, 1.54) is 10.7 Å². The topological polar surface area (TPSA) is 52.7 Å². The van der Waals surface area contributed by atoms with Gasteiger partial charge >= 0.3 is 0 Å². The minimum atomic E-state index is -0.169. The molecule has 0 bridgehead atoms. The van der Waals surface area contributed by atoms with Gasteiger partial charge in [-0.25, -0.2) is 9.67 Å². The molecule has 2 heterocycles. The van der Waals surface area contributed by atoms with Gasteiger partial charge < -0.3 is 0 Å². The molecule has 2 rings (SSSR count). The van der Waals surface area contributed by atoms with Crippen molar-refractivity contribution in [1.29, 1.82) is 0 Å². The number of aromatic nitrogens is 4. The fraction of sp³-hybridized carbons (Fsp3) is 0.250. The van der Waals surface area contributed by atoms with Crippen molar-refractivity contribution >= 4 is 0 Å². The van der Waals surface area contributed by atoms with Crippen LogP contribution in [0, 0.1) is 26.2 Å². The van der Waals surface area contributed by atoms with Crippen molar-refractivity contribution in [3.63, 3.8) is 0 Å². The monoisotopic (exact) mass is 228 g/mol. The standard InChI is InChI=1S/C12H12N4O/c1-5-11-8(2)16(9(3)14-11)10-6-12(17)15(4)13-7-10/h1,6-7H,2-4H3. The third-order valence-corrected chi connectivity index (χ3v) is 2.62. The van der Waals surface area contributed by atoms with Crippen LogP contribution in [0.5, 0.6) is 0 Å². The van der Waals surface area contributed by atoms with Crippen molar-refractivity contribution in [3.05, 3.63) is 39.8 Å². The van der Waals surface area contributed by atoms with E-state index in [9.17, 15) is 4.79 Å². The SMILES string of the molecule is C#Cc1nc(C)n(-c2cnn(C)c(=O)c2)c1C. The van der Waals surface area contributed by atoms with Crippen molar-refractivity contribution in [2.24, 2.45) is 7.05 Å². The highest BCUT2D eigenvalue weighted by Crippen LogP contribution is 2.15. The van der Waals surface area contributed by atoms with E-state index in [0.29, 0.717) is 11.4 Å². The molecule has 0 fully saturated rings. The number of hydrogen-bond donors (Lipinski definition) is 0. The zero-order valence-corrected chi connectivity index (χ0v) is 9.93. The molecule has 2 aromatic rings. The van der Waals surface area contributed by atoms with Gasteiger partial charge in [-0.05, 0) is 19.8 Å². The van der Waals surface area contributed by atoms with Gasteiger partial charge in [0.25, 0.3) is 5.56 Å². The lowest BCUT2D eigenvalue weighted by Crippen LogP contribution is -2.19. The van der Waals surface area contributed by atoms with Gasteiger partial charge in [-0.2, -0.15) is 5.10 Å². The summed E-state index contributed by atoms with van der Waals surface area (Å²) in [5.74, 6) is 3.26. The van der Waals surface area contributed by atoms with Gasteiger partial charge in [0.15, 0.2) is 0 Å². The highest BCUT2D eigenvalue weighted by molar-refractivity contribution is 5.39. The minimum Gasteiger partial charge on any atom is -0.298 e. The molecule has 0 aliphatic heterocycles. The zero-order valence-electron chi connectivity index (χ0n) is 9.93. The molecule has 2 aromatic heterocycles. The number of terminal acetylenes is 1. The molecule has 0 N–H and O–H groups in total. The first-order valence-electron chi connectivity index (χ1n) is 5.11. The summed E-state index contributed by atoms with van der Waals surface area (Å²) in [6.07, 6.45) is 6.97. The normalized spacial score (nSPS) is 10.2. The average Bonchev–Trinajstić information content (AvgIpc) is 2.58. The summed E-state index contributed by atoms with van der Waals surface area (Å²) in [5, 5.41) is 3.98. The van der Waals surface area contributed by atoms with Crippen molar-refractivity contribution in [2.45, 2.75) is 13.8 Å². The van der Waals surface area contributed by atoms with E-state index < -0.39 is 0 Å². The molecule has 0 amide bonds. The molecule has 0 saturated heterocycles. The van der Waals surface area contributed by atoms with Crippen molar-refractivity contribution in [1.82, 2.24) is 19.3 Å². The van der Waals surface area contributed by atoms with Crippen LogP contribution in [0.1, 0.15) is 17.2 Å². The first-order valence-corrected chi connectivity index (χ1v) is 5.11. The first kappa shape index (κ1) is 11.1. The summed E-state index contributed by atoms with van der Waals surface area (Å²) in [4.78, 5) is 15.8. The van der Waals surface area contributed by atoms with Crippen LogP contribution >= 0.6 is 0 Å². The van der Waals surface area contributed by atoms with E-state index in [1.54, 1.807) is 13.2 Å². The van der Waals surface area contributed by atoms with Crippen LogP contribution in [0.4, 0.5) is 0 Å². The third kappa shape index (κ3) is 1.74. The maximum Gasteiger partial charge on any atom is 0.268 e. The van der Waals surface area contributed by atoms with Crippen LogP contribution < -0.4 is 5.56 Å². The van der Waals surface area contributed by atoms with Gasteiger partial charge in [0, 0.05) is 13.1 Å². The summed E-state index contributed by atoms with van der Waals surface area (Å²) in [6.45, 7) is 3.71. The van der Waals surface area contributed by atoms with E-state index in [-0.39, 0.29) is 5.56 Å². The Kier molecular flexibility index (Phi) is 2.56. The molecule has 0 aromatic carbocycles. The maximum absolute atomic E-state index is 11.5. The molecule has 5 heteroatoms. The van der Waals surface area contributed by atoms with Gasteiger partial charge in [0.05, 0.1) is 17.6 Å². The highest BCUT2D eigenvalue weighted by Gasteiger charge is 2.11. The van der Waals surface area contributed by atoms with Crippen LogP contribution in [0.15, 0.2) is 17.1 Å². The van der Waals surface area contributed by atoms with Gasteiger partial charge in [-0.1, -0.05) is 0 Å². The zero-order chi connectivity index (χ0) is 12.6. The van der Waals surface area contributed by atoms with Gasteiger partial charge in [-0.3, -0.25) is 9.36 Å². The van der Waals surface area contributed by atoms with Crippen molar-refractivity contribution < 1.29 is 0 Å². The summed E-state index contributed by atoms with van der Waals surface area (Å²) in [5.41, 5.74) is 1.93. The predicted octanol–water partition coefficient (Wildman–Crippen LogP) is 0.564. The van der Waals surface area contributed by atoms with E-state index in [4.69, 9.17) is 6.42 Å². The second-order valence-electron chi connectivity index (χ2n) is 3.75. The first-order chi connectivity index (χ1) is 8.04. The predicted molar refractivity (Wildman–Crippen MR) is 64.0 cm³/mol. The van der Waals surface area contributed by atoms with Crippen LogP contribution in [-0.2, 0) is 7.05 Å². The molecule has 0 spiro atoms. The molecule has 17 heavy (non-hydrogen) atoms. The summed E-state index contributed by atoms with van der Waals surface area (Å²) in [7, 11) is 1.60. The third-order valence-electron chi connectivity index (χ3n) is 2.62. The molecule has 0 aliphatic carbocycles. The Morgan fingerprint density at radius 2 is 2.12 bits per heavy atom. The maximum atomic E-state index is 11.5. The van der Waals surface area contributed by atoms with Crippen molar-refractivity contribution in [3.8, 4) is 18.0 Å². The van der Waals surface area contributed by atoms with E-state index in [2.05, 4.69) is 16.0 Å². The second-order valence-corrected chi connectivity index (χ2v) is 3.75. The summed E-state index contributed by atoms with van der Waals surface area (Å²) in [6, 6.07) is 1.51. The minimum absolute atomic E-state index is 0.169. The Labute approximate surface area is 98.7 Å². The molecular formula is C12H12N4O. The van der Waals surface area contributed by atoms with Crippen LogP contribution in [0.2, 0.25) is 0 Å². The summed E-state index contributed by atoms with van der Waals surface area (Å²) < 4.78 is 3.09. The van der Waals surface area contributed by atoms with E-state index in [1.807, 2.05) is 18.4 Å². The lowest BCUT2D eigenvalue weighted by Gasteiger charge is -2.07. The fourth-order valence-electron chi connectivity index (χ4n) is 1.74. The van der Waals surface area contributed by atoms with Crippen LogP contribution in [0.3, 0.4) is 0 Å². The Bertz CT molecular complexity index is 673. The highest BCUT2D eigenvalue weighted by atomic mass is 16.1. The van der Waals surface area contributed by atoms with Crippen LogP contribution in [0.25, 0.3) is 5.69 Å². The average molecular weight is 228 g/mol. The molecule has 0 radical (unpaired) electrons. The fourth-order valence-corrected chi connectivity index (χ4v) is 1.74. The van der Waals surface area contributed by atoms with E-state index in [0.717, 1.165) is 11.5 Å². The number of imidazole rings is 1. The Morgan fingerprint density at radius 3 is 2.65 bits per heavy atom. The Morgan fingerprint density at radius 1 is 1.41 bits per heavy atom. The van der Waals surface area contributed by atoms with Gasteiger partial charge in [0.2, 0.25) is 0 Å². The molecular weight excluding hydrogens is 216 g/mol. The van der Waals surface area contributed by atoms with Crippen LogP contribution in [-0.4, -0.2) is 19.3 Å². The van der Waals surface area contributed by atoms with E-state index >= 15 is 0 Å². The largest absolute Gasteiger partial charge is 0.298 e. The quantitative estimate of drug-likeness (QED) is 0.670. The number of nitrogens with zero attached hydrogens (tertiary/aromatic N) is 4. The molecule has 0 unspecified atom stereocenters. The van der Waals surface area contributed by atoms with Gasteiger partial charge in [0.1, 0.15) is 11.5 Å². The number of hydrogen-bond acceptors (Lipinski definition) is 3. The number of aryl methyl sites for hydroxylation is 2. The second kappa shape index (κ2) is 3.91. The molecule has 0 aliphatic rings. The lowest BCUT2D eigenvalue weighted by atomic mass is 10.3. The Hall–Kier alpha value is -2.35. The molecule has 0 saturated carbocycles. The smallest absolute Gasteiger partial charge is 0.268 e. The Balaban J connectivity index is 2.69. The molecule has 86 valence electrons.